The van der Waals surface area contributed by atoms with Crippen molar-refractivity contribution in [2.45, 2.75) is 59.0 Å². The van der Waals surface area contributed by atoms with Gasteiger partial charge >= 0.3 is 0 Å². The number of likely N-dealkylation sites (tertiary alicyclic amines) is 2. The molecule has 0 saturated carbocycles. The van der Waals surface area contributed by atoms with E-state index < -0.39 is 0 Å². The molecule has 2 heterocycles. The molecule has 1 aromatic carbocycles. The summed E-state index contributed by atoms with van der Waals surface area (Å²) < 4.78 is 0. The maximum atomic E-state index is 4.80. The van der Waals surface area contributed by atoms with Crippen LogP contribution in [-0.2, 0) is 13.1 Å². The Morgan fingerprint density at radius 3 is 2.28 bits per heavy atom. The molecule has 0 amide bonds. The summed E-state index contributed by atoms with van der Waals surface area (Å²) in [4.78, 5) is 9.91. The van der Waals surface area contributed by atoms with E-state index in [2.05, 4.69) is 58.5 Å². The number of rotatable bonds is 9. The highest BCUT2D eigenvalue weighted by Crippen LogP contribution is 2.19. The molecule has 0 aromatic heterocycles. The van der Waals surface area contributed by atoms with Gasteiger partial charge < -0.3 is 15.5 Å². The topological polar surface area (TPSA) is 42.9 Å². The van der Waals surface area contributed by atoms with E-state index >= 15 is 0 Å². The Morgan fingerprint density at radius 1 is 0.931 bits per heavy atom. The summed E-state index contributed by atoms with van der Waals surface area (Å²) in [5.74, 6) is 1.80. The second kappa shape index (κ2) is 12.2. The number of aliphatic imine (C=N–C) groups is 1. The van der Waals surface area contributed by atoms with Crippen molar-refractivity contribution < 1.29 is 0 Å². The minimum Gasteiger partial charge on any atom is -0.357 e. The van der Waals surface area contributed by atoms with Gasteiger partial charge in [-0.1, -0.05) is 31.2 Å². The van der Waals surface area contributed by atoms with Crippen molar-refractivity contribution >= 4 is 5.96 Å². The smallest absolute Gasteiger partial charge is 0.191 e. The Labute approximate surface area is 178 Å². The van der Waals surface area contributed by atoms with Crippen molar-refractivity contribution in [2.75, 3.05) is 45.8 Å². The van der Waals surface area contributed by atoms with Crippen LogP contribution in [-0.4, -0.2) is 61.6 Å². The summed E-state index contributed by atoms with van der Waals surface area (Å²) in [6, 6.07) is 9.01. The average Bonchev–Trinajstić information content (AvgIpc) is 3.26. The molecular weight excluding hydrogens is 358 g/mol. The Bertz CT molecular complexity index is 598. The number of nitrogens with one attached hydrogen (secondary N) is 2. The van der Waals surface area contributed by atoms with E-state index in [1.807, 2.05) is 0 Å². The predicted octanol–water partition coefficient (Wildman–Crippen LogP) is 3.46. The van der Waals surface area contributed by atoms with E-state index in [0.29, 0.717) is 0 Å². The van der Waals surface area contributed by atoms with Gasteiger partial charge in [-0.2, -0.15) is 0 Å². The lowest BCUT2D eigenvalue weighted by atomic mass is 9.93. The van der Waals surface area contributed by atoms with Gasteiger partial charge in [-0.25, -0.2) is 4.99 Å². The number of hydrogen-bond acceptors (Lipinski definition) is 3. The van der Waals surface area contributed by atoms with Gasteiger partial charge in [-0.3, -0.25) is 4.90 Å². The maximum Gasteiger partial charge on any atom is 0.191 e. The first-order valence-corrected chi connectivity index (χ1v) is 11.8. The Morgan fingerprint density at radius 2 is 1.62 bits per heavy atom. The second-order valence-electron chi connectivity index (χ2n) is 8.59. The summed E-state index contributed by atoms with van der Waals surface area (Å²) in [5.41, 5.74) is 2.69. The first-order chi connectivity index (χ1) is 14.3. The summed E-state index contributed by atoms with van der Waals surface area (Å²) in [6.45, 7) is 14.4. The fourth-order valence-corrected chi connectivity index (χ4v) is 4.45. The molecule has 0 unspecified atom stereocenters. The quantitative estimate of drug-likeness (QED) is 0.493. The average molecular weight is 400 g/mol. The van der Waals surface area contributed by atoms with E-state index in [1.54, 1.807) is 0 Å². The highest BCUT2D eigenvalue weighted by Gasteiger charge is 2.17. The molecule has 0 atom stereocenters. The Kier molecular flexibility index (Phi) is 9.29. The van der Waals surface area contributed by atoms with Gasteiger partial charge in [0.2, 0.25) is 0 Å². The van der Waals surface area contributed by atoms with Crippen LogP contribution in [0.4, 0.5) is 0 Å². The molecule has 2 fully saturated rings. The predicted molar refractivity (Wildman–Crippen MR) is 123 cm³/mol. The minimum absolute atomic E-state index is 0.730. The van der Waals surface area contributed by atoms with Crippen LogP contribution in [0.3, 0.4) is 0 Å². The molecule has 2 aliphatic heterocycles. The Balaban J connectivity index is 1.41. The van der Waals surface area contributed by atoms with Gasteiger partial charge in [-0.05, 0) is 88.8 Å². The lowest BCUT2D eigenvalue weighted by molar-refractivity contribution is 0.187. The summed E-state index contributed by atoms with van der Waals surface area (Å²) in [7, 11) is 0. The molecule has 0 spiro atoms. The number of hydrogen-bond donors (Lipinski definition) is 2. The molecule has 2 aliphatic rings. The molecule has 5 heteroatoms. The van der Waals surface area contributed by atoms with Crippen LogP contribution in [0.15, 0.2) is 29.3 Å². The normalized spacial score (nSPS) is 19.6. The highest BCUT2D eigenvalue weighted by molar-refractivity contribution is 5.79. The van der Waals surface area contributed by atoms with Crippen LogP contribution in [0.1, 0.15) is 57.1 Å². The molecule has 0 aliphatic carbocycles. The summed E-state index contributed by atoms with van der Waals surface area (Å²) in [5, 5.41) is 6.93. The zero-order chi connectivity index (χ0) is 20.3. The van der Waals surface area contributed by atoms with E-state index in [-0.39, 0.29) is 0 Å². The first-order valence-electron chi connectivity index (χ1n) is 11.8. The van der Waals surface area contributed by atoms with E-state index in [9.17, 15) is 0 Å². The lowest BCUT2D eigenvalue weighted by Crippen LogP contribution is -2.39. The van der Waals surface area contributed by atoms with Crippen LogP contribution >= 0.6 is 0 Å². The molecule has 29 heavy (non-hydrogen) atoms. The molecule has 0 radical (unpaired) electrons. The van der Waals surface area contributed by atoms with Gasteiger partial charge in [0, 0.05) is 19.6 Å². The van der Waals surface area contributed by atoms with Gasteiger partial charge in [0.25, 0.3) is 0 Å². The van der Waals surface area contributed by atoms with Crippen LogP contribution in [0.25, 0.3) is 0 Å². The van der Waals surface area contributed by atoms with E-state index in [4.69, 9.17) is 4.99 Å². The SMILES string of the molecule is CCNC(=NCc1ccc(CN2CCCC2)cc1)NCCC1CCN(CC)CC1. The van der Waals surface area contributed by atoms with E-state index in [1.165, 1.54) is 76.0 Å². The van der Waals surface area contributed by atoms with Crippen LogP contribution in [0.2, 0.25) is 0 Å². The molecule has 2 N–H and O–H groups in total. The molecule has 0 bridgehead atoms. The zero-order valence-corrected chi connectivity index (χ0v) is 18.6. The third-order valence-electron chi connectivity index (χ3n) is 6.39. The third-order valence-corrected chi connectivity index (χ3v) is 6.39. The molecule has 2 saturated heterocycles. The number of guanidine groups is 1. The second-order valence-corrected chi connectivity index (χ2v) is 8.59. The van der Waals surface area contributed by atoms with Gasteiger partial charge in [0.1, 0.15) is 0 Å². The van der Waals surface area contributed by atoms with Crippen molar-refractivity contribution in [2.24, 2.45) is 10.9 Å². The van der Waals surface area contributed by atoms with Crippen LogP contribution in [0, 0.1) is 5.92 Å². The summed E-state index contributed by atoms with van der Waals surface area (Å²) in [6.07, 6.45) is 6.63. The first kappa shape index (κ1) is 22.1. The highest BCUT2D eigenvalue weighted by atomic mass is 15.2. The summed E-state index contributed by atoms with van der Waals surface area (Å²) >= 11 is 0. The minimum atomic E-state index is 0.730. The van der Waals surface area contributed by atoms with Crippen molar-refractivity contribution in [3.8, 4) is 0 Å². The van der Waals surface area contributed by atoms with Crippen molar-refractivity contribution in [1.82, 2.24) is 20.4 Å². The molecular formula is C24H41N5. The standard InChI is InChI=1S/C24H41N5/c1-3-25-24(26-14-11-21-12-17-28(4-2)18-13-21)27-19-22-7-9-23(10-8-22)20-29-15-5-6-16-29/h7-10,21H,3-6,11-20H2,1-2H3,(H2,25,26,27). The van der Waals surface area contributed by atoms with Crippen molar-refractivity contribution in [3.05, 3.63) is 35.4 Å². The fourth-order valence-electron chi connectivity index (χ4n) is 4.45. The van der Waals surface area contributed by atoms with Gasteiger partial charge in [0.05, 0.1) is 6.54 Å². The lowest BCUT2D eigenvalue weighted by Gasteiger charge is -2.31. The number of nitrogens with zero attached hydrogens (tertiary/aromatic N) is 3. The van der Waals surface area contributed by atoms with Crippen molar-refractivity contribution in [3.63, 3.8) is 0 Å². The van der Waals surface area contributed by atoms with E-state index in [0.717, 1.165) is 38.1 Å². The van der Waals surface area contributed by atoms with Gasteiger partial charge in [-0.15, -0.1) is 0 Å². The van der Waals surface area contributed by atoms with Crippen molar-refractivity contribution in [1.29, 1.82) is 0 Å². The van der Waals surface area contributed by atoms with Gasteiger partial charge in [0.15, 0.2) is 5.96 Å². The molecule has 5 nitrogen and oxygen atoms in total. The number of piperidine rings is 1. The largest absolute Gasteiger partial charge is 0.357 e. The maximum absolute atomic E-state index is 4.80. The fraction of sp³-hybridized carbons (Fsp3) is 0.708. The monoisotopic (exact) mass is 399 g/mol. The Hall–Kier alpha value is -1.59. The third kappa shape index (κ3) is 7.63. The molecule has 1 aromatic rings. The molecule has 3 rings (SSSR count). The van der Waals surface area contributed by atoms with Crippen LogP contribution in [0.5, 0.6) is 0 Å². The zero-order valence-electron chi connectivity index (χ0n) is 18.6. The molecule has 162 valence electrons. The van der Waals surface area contributed by atoms with Crippen LogP contribution < -0.4 is 10.6 Å². The number of benzene rings is 1.